The van der Waals surface area contributed by atoms with Gasteiger partial charge in [-0.1, -0.05) is 31.4 Å². The number of benzene rings is 1. The van der Waals surface area contributed by atoms with Gasteiger partial charge in [-0.2, -0.15) is 0 Å². The second kappa shape index (κ2) is 6.75. The summed E-state index contributed by atoms with van der Waals surface area (Å²) in [6.45, 7) is 1.72. The Balaban J connectivity index is 1.98. The Labute approximate surface area is 120 Å². The van der Waals surface area contributed by atoms with Crippen LogP contribution in [0.15, 0.2) is 24.3 Å². The van der Waals surface area contributed by atoms with Gasteiger partial charge in [-0.05, 0) is 37.5 Å². The van der Waals surface area contributed by atoms with Crippen molar-refractivity contribution in [3.05, 3.63) is 29.8 Å². The molecule has 1 aliphatic rings. The number of aliphatic hydroxyl groups is 1. The molecule has 20 heavy (non-hydrogen) atoms. The maximum absolute atomic E-state index is 12.2. The second-order valence-corrected chi connectivity index (χ2v) is 5.63. The highest BCUT2D eigenvalue weighted by Crippen LogP contribution is 2.23. The molecule has 110 valence electrons. The SMILES string of the molecule is CC(O)c1cccc(NC(=O)N(C)C2CCCCC2)c1. The number of aliphatic hydroxyl groups excluding tert-OH is 1. The van der Waals surface area contributed by atoms with E-state index in [-0.39, 0.29) is 6.03 Å². The van der Waals surface area contributed by atoms with Crippen LogP contribution in [0.2, 0.25) is 0 Å². The van der Waals surface area contributed by atoms with Crippen LogP contribution in [-0.4, -0.2) is 29.1 Å². The van der Waals surface area contributed by atoms with Gasteiger partial charge in [0.1, 0.15) is 0 Å². The van der Waals surface area contributed by atoms with Gasteiger partial charge >= 0.3 is 6.03 Å². The first-order chi connectivity index (χ1) is 9.58. The molecule has 1 aromatic rings. The molecule has 4 heteroatoms. The van der Waals surface area contributed by atoms with Gasteiger partial charge < -0.3 is 15.3 Å². The summed E-state index contributed by atoms with van der Waals surface area (Å²) in [6, 6.07) is 7.64. The Kier molecular flexibility index (Phi) is 5.01. The third-order valence-corrected chi connectivity index (χ3v) is 4.06. The quantitative estimate of drug-likeness (QED) is 0.887. The summed E-state index contributed by atoms with van der Waals surface area (Å²) in [4.78, 5) is 14.1. The summed E-state index contributed by atoms with van der Waals surface area (Å²) in [5, 5.41) is 12.5. The van der Waals surface area contributed by atoms with E-state index in [9.17, 15) is 9.90 Å². The van der Waals surface area contributed by atoms with E-state index < -0.39 is 6.10 Å². The maximum Gasteiger partial charge on any atom is 0.321 e. The minimum Gasteiger partial charge on any atom is -0.389 e. The average molecular weight is 276 g/mol. The molecule has 0 radical (unpaired) electrons. The minimum absolute atomic E-state index is 0.0698. The normalized spacial score (nSPS) is 17.6. The molecule has 1 unspecified atom stereocenters. The van der Waals surface area contributed by atoms with Crippen LogP contribution in [0.4, 0.5) is 10.5 Å². The van der Waals surface area contributed by atoms with Crippen molar-refractivity contribution in [3.8, 4) is 0 Å². The van der Waals surface area contributed by atoms with E-state index in [1.54, 1.807) is 6.92 Å². The van der Waals surface area contributed by atoms with Gasteiger partial charge in [0.15, 0.2) is 0 Å². The fourth-order valence-corrected chi connectivity index (χ4v) is 2.72. The number of anilines is 1. The first-order valence-corrected chi connectivity index (χ1v) is 7.40. The summed E-state index contributed by atoms with van der Waals surface area (Å²) >= 11 is 0. The molecule has 1 aliphatic carbocycles. The molecule has 0 aromatic heterocycles. The molecular formula is C16H24N2O2. The topological polar surface area (TPSA) is 52.6 Å². The van der Waals surface area contributed by atoms with Gasteiger partial charge in [0.05, 0.1) is 6.10 Å². The molecule has 0 spiro atoms. The molecule has 1 fully saturated rings. The third-order valence-electron chi connectivity index (χ3n) is 4.06. The molecule has 0 aliphatic heterocycles. The van der Waals surface area contributed by atoms with Gasteiger partial charge in [0.25, 0.3) is 0 Å². The minimum atomic E-state index is -0.525. The van der Waals surface area contributed by atoms with E-state index in [0.717, 1.165) is 24.1 Å². The molecular weight excluding hydrogens is 252 g/mol. The summed E-state index contributed by atoms with van der Waals surface area (Å²) in [7, 11) is 1.86. The van der Waals surface area contributed by atoms with E-state index in [1.165, 1.54) is 19.3 Å². The summed E-state index contributed by atoms with van der Waals surface area (Å²) in [5.74, 6) is 0. The highest BCUT2D eigenvalue weighted by Gasteiger charge is 2.22. The van der Waals surface area contributed by atoms with Crippen molar-refractivity contribution >= 4 is 11.7 Å². The second-order valence-electron chi connectivity index (χ2n) is 5.63. The predicted octanol–water partition coefficient (Wildman–Crippen LogP) is 3.54. The number of amides is 2. The van der Waals surface area contributed by atoms with Gasteiger partial charge in [-0.15, -0.1) is 0 Å². The number of hydrogen-bond donors (Lipinski definition) is 2. The number of nitrogens with one attached hydrogen (secondary N) is 1. The van der Waals surface area contributed by atoms with E-state index in [2.05, 4.69) is 5.32 Å². The van der Waals surface area contributed by atoms with Crippen LogP contribution in [0.1, 0.15) is 50.7 Å². The van der Waals surface area contributed by atoms with Crippen molar-refractivity contribution in [2.75, 3.05) is 12.4 Å². The number of nitrogens with zero attached hydrogens (tertiary/aromatic N) is 1. The molecule has 1 saturated carbocycles. The smallest absolute Gasteiger partial charge is 0.321 e. The van der Waals surface area contributed by atoms with Gasteiger partial charge in [-0.3, -0.25) is 0 Å². The van der Waals surface area contributed by atoms with Crippen LogP contribution in [0, 0.1) is 0 Å². The largest absolute Gasteiger partial charge is 0.389 e. The molecule has 0 bridgehead atoms. The first-order valence-electron chi connectivity index (χ1n) is 7.40. The maximum atomic E-state index is 12.2. The third kappa shape index (κ3) is 3.73. The van der Waals surface area contributed by atoms with Crippen LogP contribution in [0.5, 0.6) is 0 Å². The lowest BCUT2D eigenvalue weighted by atomic mass is 9.95. The van der Waals surface area contributed by atoms with Gasteiger partial charge in [0.2, 0.25) is 0 Å². The van der Waals surface area contributed by atoms with Crippen molar-refractivity contribution in [1.29, 1.82) is 0 Å². The molecule has 1 atom stereocenters. The Bertz CT molecular complexity index is 454. The summed E-state index contributed by atoms with van der Waals surface area (Å²) in [5.41, 5.74) is 1.54. The first kappa shape index (κ1) is 14.9. The number of urea groups is 1. The van der Waals surface area contributed by atoms with E-state index >= 15 is 0 Å². The number of carbonyl (C=O) groups excluding carboxylic acids is 1. The standard InChI is InChI=1S/C16H24N2O2/c1-12(19)13-7-6-8-14(11-13)17-16(20)18(2)15-9-4-3-5-10-15/h6-8,11-12,15,19H,3-5,9-10H2,1-2H3,(H,17,20). The van der Waals surface area contributed by atoms with Crippen molar-refractivity contribution in [1.82, 2.24) is 4.90 Å². The number of carbonyl (C=O) groups is 1. The zero-order valence-corrected chi connectivity index (χ0v) is 12.3. The monoisotopic (exact) mass is 276 g/mol. The Morgan fingerprint density at radius 3 is 2.70 bits per heavy atom. The van der Waals surface area contributed by atoms with Crippen LogP contribution in [-0.2, 0) is 0 Å². The van der Waals surface area contributed by atoms with E-state index in [4.69, 9.17) is 0 Å². The van der Waals surface area contributed by atoms with E-state index in [1.807, 2.05) is 36.2 Å². The zero-order chi connectivity index (χ0) is 14.5. The highest BCUT2D eigenvalue weighted by atomic mass is 16.3. The van der Waals surface area contributed by atoms with Gasteiger partial charge in [0, 0.05) is 18.8 Å². The summed E-state index contributed by atoms with van der Waals surface area (Å²) < 4.78 is 0. The number of rotatable bonds is 3. The molecule has 1 aromatic carbocycles. The van der Waals surface area contributed by atoms with E-state index in [0.29, 0.717) is 6.04 Å². The Morgan fingerprint density at radius 1 is 1.35 bits per heavy atom. The van der Waals surface area contributed by atoms with Crippen molar-refractivity contribution in [3.63, 3.8) is 0 Å². The molecule has 4 nitrogen and oxygen atoms in total. The molecule has 2 rings (SSSR count). The predicted molar refractivity (Wildman–Crippen MR) is 80.7 cm³/mol. The lowest BCUT2D eigenvalue weighted by molar-refractivity contribution is 0.186. The fourth-order valence-electron chi connectivity index (χ4n) is 2.72. The highest BCUT2D eigenvalue weighted by molar-refractivity contribution is 5.89. The van der Waals surface area contributed by atoms with Crippen molar-refractivity contribution in [2.45, 2.75) is 51.2 Å². The molecule has 0 heterocycles. The zero-order valence-electron chi connectivity index (χ0n) is 12.3. The molecule has 0 saturated heterocycles. The molecule has 2 N–H and O–H groups in total. The Hall–Kier alpha value is -1.55. The number of hydrogen-bond acceptors (Lipinski definition) is 2. The van der Waals surface area contributed by atoms with Crippen molar-refractivity contribution in [2.24, 2.45) is 0 Å². The fraction of sp³-hybridized carbons (Fsp3) is 0.562. The van der Waals surface area contributed by atoms with Gasteiger partial charge in [-0.25, -0.2) is 4.79 Å². The van der Waals surface area contributed by atoms with Crippen molar-refractivity contribution < 1.29 is 9.90 Å². The molecule has 2 amide bonds. The average Bonchev–Trinajstić information content (AvgIpc) is 2.47. The Morgan fingerprint density at radius 2 is 2.05 bits per heavy atom. The lowest BCUT2D eigenvalue weighted by Crippen LogP contribution is -2.40. The summed E-state index contributed by atoms with van der Waals surface area (Å²) in [6.07, 6.45) is 5.36. The van der Waals surface area contributed by atoms with Crippen LogP contribution >= 0.6 is 0 Å². The van der Waals surface area contributed by atoms with Crippen LogP contribution in [0.3, 0.4) is 0 Å². The lowest BCUT2D eigenvalue weighted by Gasteiger charge is -2.31. The van der Waals surface area contributed by atoms with Crippen LogP contribution in [0.25, 0.3) is 0 Å². The van der Waals surface area contributed by atoms with Crippen LogP contribution < -0.4 is 5.32 Å².